The molecule has 0 saturated heterocycles. The zero-order valence-corrected chi connectivity index (χ0v) is 10.6. The topological polar surface area (TPSA) is 43.6 Å². The Morgan fingerprint density at radius 1 is 1.31 bits per heavy atom. The molecule has 0 radical (unpaired) electrons. The van der Waals surface area contributed by atoms with Gasteiger partial charge in [0.1, 0.15) is 0 Å². The highest BCUT2D eigenvalue weighted by Crippen LogP contribution is 2.12. The summed E-state index contributed by atoms with van der Waals surface area (Å²) in [6.45, 7) is 2.17. The van der Waals surface area contributed by atoms with E-state index in [-0.39, 0.29) is 0 Å². The Labute approximate surface area is 103 Å². The van der Waals surface area contributed by atoms with Gasteiger partial charge in [-0.25, -0.2) is 0 Å². The number of rotatable bonds is 4. The molecule has 0 aliphatic heterocycles. The molecule has 0 amide bonds. The van der Waals surface area contributed by atoms with Crippen molar-refractivity contribution in [2.75, 3.05) is 5.33 Å². The molecule has 0 spiro atoms. The summed E-state index contributed by atoms with van der Waals surface area (Å²) in [4.78, 5) is 0. The molecule has 1 aromatic carbocycles. The van der Waals surface area contributed by atoms with Gasteiger partial charge in [0.25, 0.3) is 0 Å². The van der Waals surface area contributed by atoms with Gasteiger partial charge in [0.05, 0.1) is 5.69 Å². The van der Waals surface area contributed by atoms with Crippen LogP contribution in [0.1, 0.15) is 12.7 Å². The molecule has 4 nitrogen and oxygen atoms in total. The van der Waals surface area contributed by atoms with Crippen LogP contribution < -0.4 is 0 Å². The molecule has 1 unspecified atom stereocenters. The highest BCUT2D eigenvalue weighted by atomic mass is 79.9. The molecule has 2 aromatic rings. The lowest BCUT2D eigenvalue weighted by Crippen LogP contribution is -2.08. The number of tetrazole rings is 1. The van der Waals surface area contributed by atoms with Crippen molar-refractivity contribution in [3.8, 4) is 5.69 Å². The molecule has 0 bridgehead atoms. The third kappa shape index (κ3) is 2.47. The van der Waals surface area contributed by atoms with Gasteiger partial charge in [-0.15, -0.1) is 5.10 Å². The van der Waals surface area contributed by atoms with Gasteiger partial charge in [-0.1, -0.05) is 41.1 Å². The van der Waals surface area contributed by atoms with Gasteiger partial charge in [0, 0.05) is 11.8 Å². The Kier molecular flexibility index (Phi) is 3.66. The first-order valence-corrected chi connectivity index (χ1v) is 6.32. The Hall–Kier alpha value is -1.23. The van der Waals surface area contributed by atoms with E-state index >= 15 is 0 Å². The van der Waals surface area contributed by atoms with Crippen molar-refractivity contribution in [3.05, 3.63) is 36.2 Å². The van der Waals surface area contributed by atoms with Gasteiger partial charge in [0.2, 0.25) is 0 Å². The van der Waals surface area contributed by atoms with Crippen molar-refractivity contribution < 1.29 is 0 Å². The van der Waals surface area contributed by atoms with Gasteiger partial charge < -0.3 is 0 Å². The summed E-state index contributed by atoms with van der Waals surface area (Å²) in [5.41, 5.74) is 1.00. The minimum atomic E-state index is 0.522. The van der Waals surface area contributed by atoms with Crippen LogP contribution in [-0.4, -0.2) is 25.5 Å². The first-order valence-electron chi connectivity index (χ1n) is 5.20. The van der Waals surface area contributed by atoms with Gasteiger partial charge in [0.15, 0.2) is 5.82 Å². The summed E-state index contributed by atoms with van der Waals surface area (Å²) in [7, 11) is 0. The predicted molar refractivity (Wildman–Crippen MR) is 65.8 cm³/mol. The number of nitrogens with zero attached hydrogens (tertiary/aromatic N) is 4. The number of halogens is 1. The van der Waals surface area contributed by atoms with E-state index in [9.17, 15) is 0 Å². The van der Waals surface area contributed by atoms with Crippen LogP contribution in [-0.2, 0) is 6.42 Å². The minimum Gasteiger partial charge on any atom is -0.197 e. The maximum Gasteiger partial charge on any atom is 0.157 e. The molecular formula is C11H13BrN4. The van der Waals surface area contributed by atoms with Crippen molar-refractivity contribution >= 4 is 15.9 Å². The fourth-order valence-electron chi connectivity index (χ4n) is 1.47. The zero-order chi connectivity index (χ0) is 11.4. The molecule has 1 atom stereocenters. The quantitative estimate of drug-likeness (QED) is 0.807. The fourth-order valence-corrected chi connectivity index (χ4v) is 1.70. The van der Waals surface area contributed by atoms with E-state index < -0.39 is 0 Å². The van der Waals surface area contributed by atoms with Crippen molar-refractivity contribution in [1.82, 2.24) is 20.2 Å². The third-order valence-electron chi connectivity index (χ3n) is 2.33. The Morgan fingerprint density at radius 2 is 2.06 bits per heavy atom. The second kappa shape index (κ2) is 5.21. The Bertz CT molecular complexity index is 440. The van der Waals surface area contributed by atoms with Crippen LogP contribution in [0.25, 0.3) is 5.69 Å². The first kappa shape index (κ1) is 11.3. The smallest absolute Gasteiger partial charge is 0.157 e. The summed E-state index contributed by atoms with van der Waals surface area (Å²) >= 11 is 3.46. The van der Waals surface area contributed by atoms with Gasteiger partial charge >= 0.3 is 0 Å². The lowest BCUT2D eigenvalue weighted by molar-refractivity contribution is 0.617. The van der Waals surface area contributed by atoms with E-state index in [1.807, 2.05) is 30.3 Å². The normalized spacial score (nSPS) is 12.6. The second-order valence-corrected chi connectivity index (χ2v) is 4.45. The molecule has 84 valence electrons. The number of aromatic nitrogens is 4. The minimum absolute atomic E-state index is 0.522. The second-order valence-electron chi connectivity index (χ2n) is 3.81. The first-order chi connectivity index (χ1) is 7.81. The van der Waals surface area contributed by atoms with Crippen molar-refractivity contribution in [2.45, 2.75) is 13.3 Å². The largest absolute Gasteiger partial charge is 0.197 e. The highest BCUT2D eigenvalue weighted by molar-refractivity contribution is 9.09. The molecule has 0 N–H and O–H groups in total. The number of hydrogen-bond donors (Lipinski definition) is 0. The van der Waals surface area contributed by atoms with E-state index in [1.165, 1.54) is 0 Å². The van der Waals surface area contributed by atoms with Gasteiger partial charge in [-0.3, -0.25) is 0 Å². The average Bonchev–Trinajstić information content (AvgIpc) is 2.78. The molecule has 1 aromatic heterocycles. The summed E-state index contributed by atoms with van der Waals surface area (Å²) in [5.74, 6) is 1.42. The fraction of sp³-hybridized carbons (Fsp3) is 0.364. The molecule has 0 fully saturated rings. The predicted octanol–water partition coefficient (Wildman–Crippen LogP) is 2.24. The molecule has 0 saturated carbocycles. The lowest BCUT2D eigenvalue weighted by atomic mass is 10.1. The Balaban J connectivity index is 2.26. The number of alkyl halides is 1. The number of benzene rings is 1. The van der Waals surface area contributed by atoms with E-state index in [0.29, 0.717) is 5.92 Å². The van der Waals surface area contributed by atoms with Crippen molar-refractivity contribution in [1.29, 1.82) is 0 Å². The molecule has 2 rings (SSSR count). The summed E-state index contributed by atoms with van der Waals surface area (Å²) < 4.78 is 1.79. The standard InChI is InChI=1S/C11H13BrN4/c1-9(8-12)7-11-13-14-15-16(11)10-5-3-2-4-6-10/h2-6,9H,7-8H2,1H3. The van der Waals surface area contributed by atoms with Crippen LogP contribution in [0.5, 0.6) is 0 Å². The maximum atomic E-state index is 4.06. The molecular weight excluding hydrogens is 268 g/mol. The van der Waals surface area contributed by atoms with Crippen LogP contribution in [0.3, 0.4) is 0 Å². The number of para-hydroxylation sites is 1. The van der Waals surface area contributed by atoms with Crippen LogP contribution in [0, 0.1) is 5.92 Å². The number of hydrogen-bond acceptors (Lipinski definition) is 3. The third-order valence-corrected chi connectivity index (χ3v) is 3.43. The maximum absolute atomic E-state index is 4.06. The van der Waals surface area contributed by atoms with Crippen LogP contribution in [0.15, 0.2) is 30.3 Å². The monoisotopic (exact) mass is 280 g/mol. The van der Waals surface area contributed by atoms with Crippen LogP contribution in [0.4, 0.5) is 0 Å². The molecule has 5 heteroatoms. The van der Waals surface area contributed by atoms with Crippen LogP contribution >= 0.6 is 15.9 Å². The van der Waals surface area contributed by atoms with E-state index in [2.05, 4.69) is 38.4 Å². The van der Waals surface area contributed by atoms with E-state index in [0.717, 1.165) is 23.3 Å². The summed E-state index contributed by atoms with van der Waals surface area (Å²) in [6.07, 6.45) is 0.868. The average molecular weight is 281 g/mol. The van der Waals surface area contributed by atoms with Crippen LogP contribution in [0.2, 0.25) is 0 Å². The highest BCUT2D eigenvalue weighted by Gasteiger charge is 2.11. The van der Waals surface area contributed by atoms with E-state index in [1.54, 1.807) is 4.68 Å². The van der Waals surface area contributed by atoms with E-state index in [4.69, 9.17) is 0 Å². The summed E-state index contributed by atoms with van der Waals surface area (Å²) in [5, 5.41) is 12.8. The lowest BCUT2D eigenvalue weighted by Gasteiger charge is -2.07. The van der Waals surface area contributed by atoms with Crippen molar-refractivity contribution in [2.24, 2.45) is 5.92 Å². The molecule has 0 aliphatic rings. The zero-order valence-electron chi connectivity index (χ0n) is 9.05. The summed E-state index contributed by atoms with van der Waals surface area (Å²) in [6, 6.07) is 9.94. The van der Waals surface area contributed by atoms with Gasteiger partial charge in [-0.05, 0) is 28.5 Å². The molecule has 0 aliphatic carbocycles. The Morgan fingerprint density at radius 3 is 2.75 bits per heavy atom. The molecule has 1 heterocycles. The van der Waals surface area contributed by atoms with Crippen molar-refractivity contribution in [3.63, 3.8) is 0 Å². The SMILES string of the molecule is CC(CBr)Cc1nnnn1-c1ccccc1. The molecule has 16 heavy (non-hydrogen) atoms. The van der Waals surface area contributed by atoms with Gasteiger partial charge in [-0.2, -0.15) is 4.68 Å².